The zero-order valence-electron chi connectivity index (χ0n) is 11.4. The zero-order chi connectivity index (χ0) is 13.1. The van der Waals surface area contributed by atoms with E-state index in [9.17, 15) is 4.79 Å². The van der Waals surface area contributed by atoms with Crippen molar-refractivity contribution in [3.8, 4) is 0 Å². The fourth-order valence-corrected chi connectivity index (χ4v) is 2.97. The summed E-state index contributed by atoms with van der Waals surface area (Å²) in [5, 5.41) is 6.34. The van der Waals surface area contributed by atoms with Gasteiger partial charge >= 0.3 is 0 Å². The number of methoxy groups -OCH3 is 1. The number of carbonyl (C=O) groups excluding carboxylic acids is 1. The van der Waals surface area contributed by atoms with Gasteiger partial charge in [0.05, 0.1) is 24.4 Å². The second-order valence-corrected chi connectivity index (χ2v) is 5.47. The number of hydrogen-bond acceptors (Lipinski definition) is 4. The van der Waals surface area contributed by atoms with Crippen LogP contribution in [0.2, 0.25) is 0 Å². The number of amides is 1. The molecule has 0 aromatic rings. The molecule has 0 aliphatic carbocycles. The fourth-order valence-electron chi connectivity index (χ4n) is 2.97. The molecule has 0 aromatic heterocycles. The van der Waals surface area contributed by atoms with Crippen LogP contribution < -0.4 is 10.6 Å². The van der Waals surface area contributed by atoms with Crippen molar-refractivity contribution in [3.05, 3.63) is 0 Å². The summed E-state index contributed by atoms with van der Waals surface area (Å²) in [6, 6.07) is 0.0935. The maximum atomic E-state index is 12.3. The lowest BCUT2D eigenvalue weighted by Gasteiger charge is -2.32. The van der Waals surface area contributed by atoms with Crippen molar-refractivity contribution in [1.29, 1.82) is 0 Å². The fraction of sp³-hybridized carbons (Fsp3) is 0.923. The average Bonchev–Trinajstić information content (AvgIpc) is 2.75. The van der Waals surface area contributed by atoms with Gasteiger partial charge in [-0.1, -0.05) is 0 Å². The summed E-state index contributed by atoms with van der Waals surface area (Å²) in [5.74, 6) is 0.217. The van der Waals surface area contributed by atoms with Crippen molar-refractivity contribution in [2.45, 2.75) is 51.0 Å². The topological polar surface area (TPSA) is 59.6 Å². The van der Waals surface area contributed by atoms with Crippen molar-refractivity contribution in [3.63, 3.8) is 0 Å². The van der Waals surface area contributed by atoms with Gasteiger partial charge in [0, 0.05) is 26.1 Å². The Morgan fingerprint density at radius 3 is 2.56 bits per heavy atom. The first-order chi connectivity index (χ1) is 8.60. The van der Waals surface area contributed by atoms with E-state index in [0.717, 1.165) is 25.9 Å². The van der Waals surface area contributed by atoms with Crippen molar-refractivity contribution in [2.75, 3.05) is 20.2 Å². The molecule has 5 nitrogen and oxygen atoms in total. The summed E-state index contributed by atoms with van der Waals surface area (Å²) in [4.78, 5) is 12.3. The molecule has 2 heterocycles. The molecule has 2 fully saturated rings. The molecule has 3 unspecified atom stereocenters. The Bertz CT molecular complexity index is 288. The molecule has 18 heavy (non-hydrogen) atoms. The number of hydrogen-bond donors (Lipinski definition) is 2. The van der Waals surface area contributed by atoms with Gasteiger partial charge in [0.25, 0.3) is 0 Å². The van der Waals surface area contributed by atoms with Crippen LogP contribution in [0.5, 0.6) is 0 Å². The molecule has 1 amide bonds. The third kappa shape index (κ3) is 3.22. The molecule has 0 spiro atoms. The number of nitrogens with one attached hydrogen (secondary N) is 2. The van der Waals surface area contributed by atoms with Crippen LogP contribution in [0.25, 0.3) is 0 Å². The van der Waals surface area contributed by atoms with E-state index in [2.05, 4.69) is 10.6 Å². The van der Waals surface area contributed by atoms with Crippen LogP contribution >= 0.6 is 0 Å². The van der Waals surface area contributed by atoms with Gasteiger partial charge in [-0.15, -0.1) is 0 Å². The zero-order valence-corrected chi connectivity index (χ0v) is 11.4. The highest BCUT2D eigenvalue weighted by Gasteiger charge is 2.33. The van der Waals surface area contributed by atoms with Gasteiger partial charge in [-0.25, -0.2) is 0 Å². The molecule has 0 aromatic carbocycles. The summed E-state index contributed by atoms with van der Waals surface area (Å²) in [6.45, 7) is 5.66. The number of carbonyl (C=O) groups is 1. The van der Waals surface area contributed by atoms with E-state index in [1.54, 1.807) is 7.11 Å². The Hall–Kier alpha value is -0.650. The maximum Gasteiger partial charge on any atom is 0.223 e. The van der Waals surface area contributed by atoms with Crippen LogP contribution in [0.3, 0.4) is 0 Å². The van der Waals surface area contributed by atoms with E-state index < -0.39 is 0 Å². The van der Waals surface area contributed by atoms with E-state index in [0.29, 0.717) is 0 Å². The van der Waals surface area contributed by atoms with E-state index in [1.165, 1.54) is 0 Å². The molecular weight excluding hydrogens is 232 g/mol. The predicted molar refractivity (Wildman–Crippen MR) is 68.3 cm³/mol. The first-order valence-electron chi connectivity index (χ1n) is 6.79. The second kappa shape index (κ2) is 5.99. The number of rotatable bonds is 3. The van der Waals surface area contributed by atoms with Crippen LogP contribution in [0.4, 0.5) is 0 Å². The summed E-state index contributed by atoms with van der Waals surface area (Å²) in [5.41, 5.74) is 0. The van der Waals surface area contributed by atoms with Crippen LogP contribution in [0, 0.1) is 5.92 Å². The summed E-state index contributed by atoms with van der Waals surface area (Å²) in [6.07, 6.45) is 2.06. The van der Waals surface area contributed by atoms with E-state index in [4.69, 9.17) is 9.47 Å². The third-order valence-electron chi connectivity index (χ3n) is 3.86. The molecule has 4 atom stereocenters. The highest BCUT2D eigenvalue weighted by molar-refractivity contribution is 5.79. The van der Waals surface area contributed by atoms with Crippen molar-refractivity contribution in [1.82, 2.24) is 10.6 Å². The van der Waals surface area contributed by atoms with E-state index in [1.807, 2.05) is 13.8 Å². The minimum absolute atomic E-state index is 0.0712. The molecule has 104 valence electrons. The van der Waals surface area contributed by atoms with Crippen molar-refractivity contribution in [2.24, 2.45) is 5.92 Å². The molecular formula is C13H24N2O3. The van der Waals surface area contributed by atoms with Gasteiger partial charge in [-0.2, -0.15) is 0 Å². The first kappa shape index (κ1) is 13.8. The quantitative estimate of drug-likeness (QED) is 0.762. The van der Waals surface area contributed by atoms with Crippen LogP contribution in [-0.2, 0) is 14.3 Å². The van der Waals surface area contributed by atoms with Gasteiger partial charge < -0.3 is 20.1 Å². The molecule has 0 bridgehead atoms. The minimum atomic E-state index is 0.0712. The molecule has 2 rings (SSSR count). The minimum Gasteiger partial charge on any atom is -0.378 e. The van der Waals surface area contributed by atoms with Gasteiger partial charge in [0.2, 0.25) is 5.91 Å². The summed E-state index contributed by atoms with van der Waals surface area (Å²) in [7, 11) is 1.69. The largest absolute Gasteiger partial charge is 0.378 e. The molecule has 2 aliphatic heterocycles. The van der Waals surface area contributed by atoms with Gasteiger partial charge in [0.15, 0.2) is 0 Å². The summed E-state index contributed by atoms with van der Waals surface area (Å²) >= 11 is 0. The Labute approximate surface area is 109 Å². The summed E-state index contributed by atoms with van der Waals surface area (Å²) < 4.78 is 11.0. The first-order valence-corrected chi connectivity index (χ1v) is 6.79. The van der Waals surface area contributed by atoms with Gasteiger partial charge in [-0.05, 0) is 26.7 Å². The monoisotopic (exact) mass is 256 g/mol. The highest BCUT2D eigenvalue weighted by Crippen LogP contribution is 2.25. The normalized spacial score (nSPS) is 40.7. The third-order valence-corrected chi connectivity index (χ3v) is 3.86. The Morgan fingerprint density at radius 1 is 1.28 bits per heavy atom. The Kier molecular flexibility index (Phi) is 4.59. The predicted octanol–water partition coefficient (Wildman–Crippen LogP) is 0.293. The van der Waals surface area contributed by atoms with Crippen LogP contribution in [0.1, 0.15) is 26.7 Å². The lowest BCUT2D eigenvalue weighted by molar-refractivity contribution is -0.134. The lowest BCUT2D eigenvalue weighted by Crippen LogP contribution is -2.48. The molecule has 0 radical (unpaired) electrons. The van der Waals surface area contributed by atoms with Crippen molar-refractivity contribution >= 4 is 5.91 Å². The molecule has 5 heteroatoms. The molecule has 0 saturated carbocycles. The lowest BCUT2D eigenvalue weighted by atomic mass is 9.91. The van der Waals surface area contributed by atoms with Gasteiger partial charge in [0.1, 0.15) is 0 Å². The van der Waals surface area contributed by atoms with E-state index >= 15 is 0 Å². The molecule has 2 saturated heterocycles. The smallest absolute Gasteiger partial charge is 0.223 e. The van der Waals surface area contributed by atoms with Gasteiger partial charge in [-0.3, -0.25) is 4.79 Å². The van der Waals surface area contributed by atoms with Crippen molar-refractivity contribution < 1.29 is 14.3 Å². The highest BCUT2D eigenvalue weighted by atomic mass is 16.5. The van der Waals surface area contributed by atoms with E-state index in [-0.39, 0.29) is 36.2 Å². The molecule has 2 N–H and O–H groups in total. The maximum absolute atomic E-state index is 12.3. The standard InChI is InChI=1S/C13H24N2O3/c1-8-4-10(5-9(2)18-8)13(16)15-11-6-14-7-12(11)17-3/h8-12,14H,4-7H2,1-3H3,(H,15,16)/t8?,9?,10?,11?,12-/m0/s1. The SMILES string of the molecule is CO[C@H]1CNCC1NC(=O)C1CC(C)OC(C)C1. The Balaban J connectivity index is 1.87. The number of ether oxygens (including phenoxy) is 2. The van der Waals surface area contributed by atoms with Crippen LogP contribution in [-0.4, -0.2) is 50.5 Å². The molecule has 2 aliphatic rings. The average molecular weight is 256 g/mol. The second-order valence-electron chi connectivity index (χ2n) is 5.47. The Morgan fingerprint density at radius 2 is 1.94 bits per heavy atom. The van der Waals surface area contributed by atoms with Crippen LogP contribution in [0.15, 0.2) is 0 Å².